The van der Waals surface area contributed by atoms with Crippen LogP contribution >= 0.6 is 11.6 Å². The molecule has 11 heteroatoms. The lowest BCUT2D eigenvalue weighted by molar-refractivity contribution is 0.521. The molecule has 0 bridgehead atoms. The molecule has 0 unspecified atom stereocenters. The average Bonchev–Trinajstić information content (AvgIpc) is 2.72. The Bertz CT molecular complexity index is 964. The van der Waals surface area contributed by atoms with Crippen LogP contribution in [-0.4, -0.2) is 45.0 Å². The molecule has 0 saturated carbocycles. The summed E-state index contributed by atoms with van der Waals surface area (Å²) in [5.74, 6) is 0. The molecule has 2 aromatic rings. The SMILES string of the molecule is Cc1nn(C)c(Cl)c1S(=O)(=O)Nc1ccc(S(=O)(=O)N(C)C)cc1. The van der Waals surface area contributed by atoms with E-state index in [1.165, 1.54) is 57.0 Å². The molecule has 0 amide bonds. The van der Waals surface area contributed by atoms with Gasteiger partial charge in [0.2, 0.25) is 10.0 Å². The molecule has 0 saturated heterocycles. The molecule has 0 aliphatic rings. The monoisotopic (exact) mass is 392 g/mol. The number of hydrogen-bond donors (Lipinski definition) is 1. The molecule has 1 aromatic heterocycles. The van der Waals surface area contributed by atoms with E-state index in [0.29, 0.717) is 0 Å². The number of nitrogens with one attached hydrogen (secondary N) is 1. The van der Waals surface area contributed by atoms with E-state index in [-0.39, 0.29) is 26.3 Å². The molecule has 1 N–H and O–H groups in total. The molecule has 0 atom stereocenters. The van der Waals surface area contributed by atoms with Crippen molar-refractivity contribution in [3.8, 4) is 0 Å². The summed E-state index contributed by atoms with van der Waals surface area (Å²) in [5, 5.41) is 3.96. The smallest absolute Gasteiger partial charge is 0.266 e. The first kappa shape index (κ1) is 18.7. The lowest BCUT2D eigenvalue weighted by atomic mass is 10.3. The molecule has 0 aliphatic heterocycles. The minimum atomic E-state index is -3.94. The fraction of sp³-hybridized carbons (Fsp3) is 0.308. The van der Waals surface area contributed by atoms with E-state index in [1.807, 2.05) is 0 Å². The van der Waals surface area contributed by atoms with Crippen LogP contribution in [0.2, 0.25) is 5.15 Å². The second-order valence-electron chi connectivity index (χ2n) is 5.25. The molecule has 8 nitrogen and oxygen atoms in total. The Hall–Kier alpha value is -1.62. The summed E-state index contributed by atoms with van der Waals surface area (Å²) in [6, 6.07) is 5.39. The number of anilines is 1. The van der Waals surface area contributed by atoms with E-state index in [0.717, 1.165) is 4.31 Å². The quantitative estimate of drug-likeness (QED) is 0.829. The molecule has 1 heterocycles. The van der Waals surface area contributed by atoms with Crippen LogP contribution in [0.4, 0.5) is 5.69 Å². The normalized spacial score (nSPS) is 12.6. The second kappa shape index (κ2) is 6.36. The van der Waals surface area contributed by atoms with Gasteiger partial charge in [0.15, 0.2) is 0 Å². The Morgan fingerprint density at radius 1 is 1.12 bits per heavy atom. The number of halogens is 1. The zero-order chi connectivity index (χ0) is 18.3. The first-order chi connectivity index (χ1) is 11.0. The van der Waals surface area contributed by atoms with Crippen LogP contribution in [0.25, 0.3) is 0 Å². The predicted octanol–water partition coefficient (Wildman–Crippen LogP) is 1.43. The van der Waals surface area contributed by atoms with Crippen molar-refractivity contribution in [2.45, 2.75) is 16.7 Å². The first-order valence-electron chi connectivity index (χ1n) is 6.71. The minimum absolute atomic E-state index is 0.00759. The van der Waals surface area contributed by atoms with E-state index in [2.05, 4.69) is 9.82 Å². The minimum Gasteiger partial charge on any atom is -0.279 e. The fourth-order valence-corrected chi connectivity index (χ4v) is 4.74. The van der Waals surface area contributed by atoms with E-state index in [4.69, 9.17) is 11.6 Å². The van der Waals surface area contributed by atoms with E-state index < -0.39 is 20.0 Å². The number of nitrogens with zero attached hydrogens (tertiary/aromatic N) is 3. The van der Waals surface area contributed by atoms with Gasteiger partial charge >= 0.3 is 0 Å². The Morgan fingerprint density at radius 2 is 1.67 bits per heavy atom. The van der Waals surface area contributed by atoms with Crippen molar-refractivity contribution in [1.82, 2.24) is 14.1 Å². The van der Waals surface area contributed by atoms with Gasteiger partial charge in [0, 0.05) is 26.8 Å². The molecular formula is C13H17ClN4O4S2. The number of benzene rings is 1. The summed E-state index contributed by atoms with van der Waals surface area (Å²) in [6.07, 6.45) is 0. The van der Waals surface area contributed by atoms with E-state index >= 15 is 0 Å². The van der Waals surface area contributed by atoms with Crippen LogP contribution in [0.3, 0.4) is 0 Å². The molecule has 1 aromatic carbocycles. The highest BCUT2D eigenvalue weighted by Gasteiger charge is 2.25. The molecule has 0 spiro atoms. The van der Waals surface area contributed by atoms with Crippen molar-refractivity contribution in [3.05, 3.63) is 35.1 Å². The van der Waals surface area contributed by atoms with E-state index in [9.17, 15) is 16.8 Å². The van der Waals surface area contributed by atoms with Crippen LogP contribution in [0.1, 0.15) is 5.69 Å². The van der Waals surface area contributed by atoms with Gasteiger partial charge in [-0.2, -0.15) is 5.10 Å². The van der Waals surface area contributed by atoms with E-state index in [1.54, 1.807) is 0 Å². The Balaban J connectivity index is 2.35. The second-order valence-corrected chi connectivity index (χ2v) is 9.38. The summed E-state index contributed by atoms with van der Waals surface area (Å²) < 4.78 is 53.6. The Kier molecular flexibility index (Phi) is 4.96. The van der Waals surface area contributed by atoms with Crippen LogP contribution in [0.5, 0.6) is 0 Å². The molecule has 0 aliphatic carbocycles. The predicted molar refractivity (Wildman–Crippen MR) is 91.1 cm³/mol. The van der Waals surface area contributed by atoms with Gasteiger partial charge in [0.1, 0.15) is 10.0 Å². The van der Waals surface area contributed by atoms with Gasteiger partial charge in [-0.3, -0.25) is 9.40 Å². The van der Waals surface area contributed by atoms with Crippen LogP contribution in [-0.2, 0) is 27.1 Å². The van der Waals surface area contributed by atoms with Gasteiger partial charge in [-0.15, -0.1) is 0 Å². The zero-order valence-corrected chi connectivity index (χ0v) is 15.9. The molecule has 2 rings (SSSR count). The van der Waals surface area contributed by atoms with Gasteiger partial charge in [0.05, 0.1) is 10.6 Å². The lowest BCUT2D eigenvalue weighted by Crippen LogP contribution is -2.22. The van der Waals surface area contributed by atoms with Crippen molar-refractivity contribution in [2.75, 3.05) is 18.8 Å². The van der Waals surface area contributed by atoms with Gasteiger partial charge in [-0.25, -0.2) is 21.1 Å². The molecule has 24 heavy (non-hydrogen) atoms. The molecular weight excluding hydrogens is 376 g/mol. The maximum atomic E-state index is 12.5. The highest BCUT2D eigenvalue weighted by atomic mass is 35.5. The maximum absolute atomic E-state index is 12.5. The van der Waals surface area contributed by atoms with Crippen LogP contribution in [0.15, 0.2) is 34.1 Å². The number of aryl methyl sites for hydroxylation is 2. The van der Waals surface area contributed by atoms with Crippen molar-refractivity contribution < 1.29 is 16.8 Å². The average molecular weight is 393 g/mol. The van der Waals surface area contributed by atoms with Gasteiger partial charge < -0.3 is 0 Å². The topological polar surface area (TPSA) is 101 Å². The lowest BCUT2D eigenvalue weighted by Gasteiger charge is -2.12. The Morgan fingerprint density at radius 3 is 2.08 bits per heavy atom. The summed E-state index contributed by atoms with van der Waals surface area (Å²) in [6.45, 7) is 1.53. The Labute approximate surface area is 146 Å². The summed E-state index contributed by atoms with van der Waals surface area (Å²) in [5.41, 5.74) is 0.480. The summed E-state index contributed by atoms with van der Waals surface area (Å²) in [7, 11) is -3.15. The third-order valence-corrected chi connectivity index (χ3v) is 7.16. The largest absolute Gasteiger partial charge is 0.279 e. The maximum Gasteiger partial charge on any atom is 0.266 e. The number of rotatable bonds is 5. The number of hydrogen-bond acceptors (Lipinski definition) is 5. The van der Waals surface area contributed by atoms with Crippen molar-refractivity contribution >= 4 is 37.3 Å². The van der Waals surface area contributed by atoms with Gasteiger partial charge in [0.25, 0.3) is 10.0 Å². The van der Waals surface area contributed by atoms with Crippen LogP contribution < -0.4 is 4.72 Å². The van der Waals surface area contributed by atoms with Crippen molar-refractivity contribution in [3.63, 3.8) is 0 Å². The fourth-order valence-electron chi connectivity index (χ4n) is 2.03. The summed E-state index contributed by atoms with van der Waals surface area (Å²) in [4.78, 5) is -0.0531. The highest BCUT2D eigenvalue weighted by Crippen LogP contribution is 2.26. The van der Waals surface area contributed by atoms with Crippen molar-refractivity contribution in [1.29, 1.82) is 0 Å². The third kappa shape index (κ3) is 3.41. The molecule has 132 valence electrons. The number of sulfonamides is 2. The number of aromatic nitrogens is 2. The van der Waals surface area contributed by atoms with Gasteiger partial charge in [-0.05, 0) is 31.2 Å². The summed E-state index contributed by atoms with van der Waals surface area (Å²) >= 11 is 5.98. The molecule has 0 fully saturated rings. The first-order valence-corrected chi connectivity index (χ1v) is 10.0. The third-order valence-electron chi connectivity index (χ3n) is 3.25. The standard InChI is InChI=1S/C13H17ClN4O4S2/c1-9-12(13(14)18(4)15-9)23(19,20)16-10-5-7-11(8-6-10)24(21,22)17(2)3/h5-8,16H,1-4H3. The van der Waals surface area contributed by atoms with Crippen LogP contribution in [0, 0.1) is 6.92 Å². The molecule has 0 radical (unpaired) electrons. The van der Waals surface area contributed by atoms with Gasteiger partial charge in [-0.1, -0.05) is 11.6 Å². The zero-order valence-electron chi connectivity index (χ0n) is 13.5. The highest BCUT2D eigenvalue weighted by molar-refractivity contribution is 7.93. The van der Waals surface area contributed by atoms with Crippen molar-refractivity contribution in [2.24, 2.45) is 7.05 Å².